The van der Waals surface area contributed by atoms with Gasteiger partial charge in [-0.1, -0.05) is 21.1 Å². The molecular weight excluding hydrogens is 374 g/mol. The van der Waals surface area contributed by atoms with Crippen LogP contribution in [-0.4, -0.2) is 33.2 Å². The van der Waals surface area contributed by atoms with Crippen molar-refractivity contribution in [3.63, 3.8) is 0 Å². The average Bonchev–Trinajstić information content (AvgIpc) is 3.02. The average molecular weight is 388 g/mol. The standard InChI is InChI=1S/C17H14BrN3O3/c1-10-9-12(5-8-14(10)18)21-16(15(17(22)23)19-20-21)11-3-6-13(24-2)7-4-11/h3-9H,1-2H3,(H,22,23). The molecule has 0 bridgehead atoms. The van der Waals surface area contributed by atoms with Crippen LogP contribution in [-0.2, 0) is 0 Å². The number of hydrogen-bond donors (Lipinski definition) is 1. The van der Waals surface area contributed by atoms with Gasteiger partial charge in [0.2, 0.25) is 0 Å². The zero-order chi connectivity index (χ0) is 17.3. The molecule has 1 aromatic heterocycles. The number of carboxylic acid groups (broad SMARTS) is 1. The van der Waals surface area contributed by atoms with Gasteiger partial charge in [-0.05, 0) is 55.0 Å². The molecule has 0 radical (unpaired) electrons. The molecule has 0 aliphatic carbocycles. The van der Waals surface area contributed by atoms with E-state index in [-0.39, 0.29) is 5.69 Å². The lowest BCUT2D eigenvalue weighted by Gasteiger charge is -2.09. The molecule has 0 spiro atoms. The van der Waals surface area contributed by atoms with Crippen LogP contribution in [0, 0.1) is 6.92 Å². The van der Waals surface area contributed by atoms with Crippen LogP contribution in [0.1, 0.15) is 16.1 Å². The molecule has 0 saturated carbocycles. The Morgan fingerprint density at radius 3 is 2.50 bits per heavy atom. The normalized spacial score (nSPS) is 10.6. The molecule has 24 heavy (non-hydrogen) atoms. The molecule has 0 atom stereocenters. The van der Waals surface area contributed by atoms with E-state index in [1.807, 2.05) is 25.1 Å². The zero-order valence-corrected chi connectivity index (χ0v) is 14.6. The van der Waals surface area contributed by atoms with Crippen molar-refractivity contribution in [2.24, 2.45) is 0 Å². The Kier molecular flexibility index (Phi) is 4.35. The lowest BCUT2D eigenvalue weighted by Crippen LogP contribution is -2.03. The van der Waals surface area contributed by atoms with E-state index in [1.165, 1.54) is 4.68 Å². The van der Waals surface area contributed by atoms with Gasteiger partial charge < -0.3 is 9.84 Å². The van der Waals surface area contributed by atoms with Crippen molar-refractivity contribution in [3.05, 3.63) is 58.2 Å². The van der Waals surface area contributed by atoms with E-state index in [4.69, 9.17) is 4.74 Å². The Bertz CT molecular complexity index is 904. The summed E-state index contributed by atoms with van der Waals surface area (Å²) < 4.78 is 7.65. The molecular formula is C17H14BrN3O3. The minimum absolute atomic E-state index is 0.0965. The molecule has 2 aromatic carbocycles. The van der Waals surface area contributed by atoms with Gasteiger partial charge >= 0.3 is 5.97 Å². The van der Waals surface area contributed by atoms with Crippen molar-refractivity contribution in [3.8, 4) is 22.7 Å². The molecule has 0 aliphatic rings. The molecule has 3 rings (SSSR count). The quantitative estimate of drug-likeness (QED) is 0.737. The van der Waals surface area contributed by atoms with Gasteiger partial charge in [0.25, 0.3) is 0 Å². The first-order valence-electron chi connectivity index (χ1n) is 7.11. The Labute approximate surface area is 146 Å². The number of halogens is 1. The SMILES string of the molecule is COc1ccc(-c2c(C(=O)O)nnn2-c2ccc(Br)c(C)c2)cc1. The number of hydrogen-bond acceptors (Lipinski definition) is 4. The third-order valence-electron chi connectivity index (χ3n) is 3.62. The van der Waals surface area contributed by atoms with Crippen LogP contribution < -0.4 is 4.74 Å². The van der Waals surface area contributed by atoms with E-state index in [1.54, 1.807) is 31.4 Å². The number of aryl methyl sites for hydroxylation is 1. The molecule has 1 heterocycles. The smallest absolute Gasteiger partial charge is 0.358 e. The van der Waals surface area contributed by atoms with Gasteiger partial charge in [-0.3, -0.25) is 0 Å². The van der Waals surface area contributed by atoms with E-state index in [0.29, 0.717) is 17.0 Å². The third kappa shape index (κ3) is 2.90. The lowest BCUT2D eigenvalue weighted by atomic mass is 10.1. The molecule has 0 amide bonds. The monoisotopic (exact) mass is 387 g/mol. The number of carbonyl (C=O) groups is 1. The number of nitrogens with zero attached hydrogens (tertiary/aromatic N) is 3. The van der Waals surface area contributed by atoms with Crippen molar-refractivity contribution in [1.29, 1.82) is 0 Å². The fourth-order valence-electron chi connectivity index (χ4n) is 2.38. The van der Waals surface area contributed by atoms with E-state index >= 15 is 0 Å². The van der Waals surface area contributed by atoms with Crippen molar-refractivity contribution in [2.75, 3.05) is 7.11 Å². The second-order valence-electron chi connectivity index (χ2n) is 5.17. The van der Waals surface area contributed by atoms with Gasteiger partial charge in [-0.15, -0.1) is 5.10 Å². The van der Waals surface area contributed by atoms with Crippen molar-refractivity contribution >= 4 is 21.9 Å². The number of aromatic nitrogens is 3. The summed E-state index contributed by atoms with van der Waals surface area (Å²) in [5, 5.41) is 17.3. The Morgan fingerprint density at radius 2 is 1.92 bits per heavy atom. The minimum Gasteiger partial charge on any atom is -0.497 e. The highest BCUT2D eigenvalue weighted by molar-refractivity contribution is 9.10. The van der Waals surface area contributed by atoms with Crippen LogP contribution in [0.15, 0.2) is 46.9 Å². The van der Waals surface area contributed by atoms with Crippen molar-refractivity contribution in [2.45, 2.75) is 6.92 Å². The van der Waals surface area contributed by atoms with Crippen LogP contribution in [0.25, 0.3) is 16.9 Å². The number of benzene rings is 2. The van der Waals surface area contributed by atoms with Crippen LogP contribution >= 0.6 is 15.9 Å². The number of methoxy groups -OCH3 is 1. The Hall–Kier alpha value is -2.67. The van der Waals surface area contributed by atoms with Crippen molar-refractivity contribution < 1.29 is 14.6 Å². The molecule has 0 saturated heterocycles. The fraction of sp³-hybridized carbons (Fsp3) is 0.118. The summed E-state index contributed by atoms with van der Waals surface area (Å²) in [6.45, 7) is 1.95. The maximum atomic E-state index is 11.5. The topological polar surface area (TPSA) is 77.2 Å². The molecule has 6 nitrogen and oxygen atoms in total. The molecule has 122 valence electrons. The van der Waals surface area contributed by atoms with E-state index in [2.05, 4.69) is 26.2 Å². The Morgan fingerprint density at radius 1 is 1.21 bits per heavy atom. The van der Waals surface area contributed by atoms with Gasteiger partial charge in [0, 0.05) is 10.0 Å². The second kappa shape index (κ2) is 6.45. The highest BCUT2D eigenvalue weighted by Gasteiger charge is 2.21. The number of rotatable bonds is 4. The van der Waals surface area contributed by atoms with E-state index in [0.717, 1.165) is 15.7 Å². The first-order valence-corrected chi connectivity index (χ1v) is 7.90. The minimum atomic E-state index is -1.12. The van der Waals surface area contributed by atoms with E-state index < -0.39 is 5.97 Å². The molecule has 0 fully saturated rings. The summed E-state index contributed by atoms with van der Waals surface area (Å²) >= 11 is 3.46. The molecule has 0 aliphatic heterocycles. The maximum Gasteiger partial charge on any atom is 0.358 e. The van der Waals surface area contributed by atoms with Crippen LogP contribution in [0.2, 0.25) is 0 Å². The van der Waals surface area contributed by atoms with Gasteiger partial charge in [0.05, 0.1) is 12.8 Å². The highest BCUT2D eigenvalue weighted by atomic mass is 79.9. The van der Waals surface area contributed by atoms with Crippen LogP contribution in [0.3, 0.4) is 0 Å². The summed E-state index contributed by atoms with van der Waals surface area (Å²) in [4.78, 5) is 11.5. The van der Waals surface area contributed by atoms with Crippen LogP contribution in [0.4, 0.5) is 0 Å². The summed E-state index contributed by atoms with van der Waals surface area (Å²) in [5.41, 5.74) is 2.77. The Balaban J connectivity index is 2.20. The number of ether oxygens (including phenoxy) is 1. The predicted molar refractivity (Wildman–Crippen MR) is 92.7 cm³/mol. The summed E-state index contributed by atoms with van der Waals surface area (Å²) in [6.07, 6.45) is 0. The van der Waals surface area contributed by atoms with Gasteiger partial charge in [0.15, 0.2) is 5.69 Å². The maximum absolute atomic E-state index is 11.5. The summed E-state index contributed by atoms with van der Waals surface area (Å²) in [6, 6.07) is 12.8. The van der Waals surface area contributed by atoms with Crippen molar-refractivity contribution in [1.82, 2.24) is 15.0 Å². The lowest BCUT2D eigenvalue weighted by molar-refractivity contribution is 0.0691. The molecule has 3 aromatic rings. The number of aromatic carboxylic acids is 1. The number of carboxylic acids is 1. The second-order valence-corrected chi connectivity index (χ2v) is 6.02. The largest absolute Gasteiger partial charge is 0.497 e. The summed E-state index contributed by atoms with van der Waals surface area (Å²) in [7, 11) is 1.58. The predicted octanol–water partition coefficient (Wildman–Crippen LogP) is 3.71. The van der Waals surface area contributed by atoms with Gasteiger partial charge in [0.1, 0.15) is 11.4 Å². The first kappa shape index (κ1) is 16.2. The summed E-state index contributed by atoms with van der Waals surface area (Å²) in [5.74, 6) is -0.435. The van der Waals surface area contributed by atoms with Gasteiger partial charge in [-0.25, -0.2) is 9.48 Å². The molecule has 7 heteroatoms. The third-order valence-corrected chi connectivity index (χ3v) is 4.51. The fourth-order valence-corrected chi connectivity index (χ4v) is 2.62. The van der Waals surface area contributed by atoms with Crippen LogP contribution in [0.5, 0.6) is 5.75 Å². The zero-order valence-electron chi connectivity index (χ0n) is 13.0. The first-order chi connectivity index (χ1) is 11.5. The molecule has 0 unspecified atom stereocenters. The van der Waals surface area contributed by atoms with E-state index in [9.17, 15) is 9.90 Å². The molecule has 1 N–H and O–H groups in total. The highest BCUT2D eigenvalue weighted by Crippen LogP contribution is 2.28. The van der Waals surface area contributed by atoms with Gasteiger partial charge in [-0.2, -0.15) is 0 Å².